The van der Waals surface area contributed by atoms with E-state index in [0.29, 0.717) is 46.8 Å². The summed E-state index contributed by atoms with van der Waals surface area (Å²) in [5.74, 6) is 0.589. The Bertz CT molecular complexity index is 2180. The molecule has 0 fully saturated rings. The number of hydrogen-bond acceptors (Lipinski definition) is 7. The Balaban J connectivity index is 1.24. The standard InChI is InChI=1S/C36H29N7O2S/c1-2-34-39-31-19-18-28(41(22-25-9-4-3-5-10-25)36(45)33-13-8-20-46-33)21-30(31)35(44)42(34)23-26-14-16-27(17-15-26)29-11-6-7-12-32(29)43-38-24-37-40-43/h3-21,24H,2,22-23H2,1H3. The van der Waals surface area contributed by atoms with Gasteiger partial charge in [0, 0.05) is 17.7 Å². The van der Waals surface area contributed by atoms with Gasteiger partial charge in [-0.3, -0.25) is 14.2 Å². The highest BCUT2D eigenvalue weighted by molar-refractivity contribution is 7.12. The number of amides is 1. The van der Waals surface area contributed by atoms with Gasteiger partial charge in [-0.2, -0.15) is 0 Å². The number of rotatable bonds is 9. The minimum Gasteiger partial charge on any atom is -0.303 e. The van der Waals surface area contributed by atoms with Gasteiger partial charge in [0.25, 0.3) is 11.5 Å². The van der Waals surface area contributed by atoms with E-state index in [1.165, 1.54) is 22.5 Å². The van der Waals surface area contributed by atoms with Crippen molar-refractivity contribution in [3.63, 3.8) is 0 Å². The maximum Gasteiger partial charge on any atom is 0.268 e. The third-order valence-corrected chi connectivity index (χ3v) is 8.74. The highest BCUT2D eigenvalue weighted by atomic mass is 32.1. The number of aryl methyl sites for hydroxylation is 1. The number of para-hydroxylation sites is 1. The van der Waals surface area contributed by atoms with E-state index < -0.39 is 0 Å². The number of thiophene rings is 1. The molecule has 1 amide bonds. The van der Waals surface area contributed by atoms with Crippen LogP contribution in [-0.2, 0) is 19.5 Å². The van der Waals surface area contributed by atoms with Crippen LogP contribution >= 0.6 is 11.3 Å². The molecule has 7 aromatic rings. The molecule has 0 atom stereocenters. The molecule has 10 heteroatoms. The van der Waals surface area contributed by atoms with E-state index in [4.69, 9.17) is 4.98 Å². The molecule has 9 nitrogen and oxygen atoms in total. The predicted molar refractivity (Wildman–Crippen MR) is 180 cm³/mol. The first kappa shape index (κ1) is 29.0. The highest BCUT2D eigenvalue weighted by Crippen LogP contribution is 2.27. The number of carbonyl (C=O) groups excluding carboxylic acids is 1. The second-order valence-corrected chi connectivity index (χ2v) is 11.7. The number of aromatic nitrogens is 6. The molecule has 0 spiro atoms. The van der Waals surface area contributed by atoms with Crippen LogP contribution in [0.4, 0.5) is 5.69 Å². The van der Waals surface area contributed by atoms with Crippen LogP contribution in [0.25, 0.3) is 27.7 Å². The minimum atomic E-state index is -0.140. The predicted octanol–water partition coefficient (Wildman–Crippen LogP) is 6.56. The first-order chi connectivity index (χ1) is 22.6. The average Bonchev–Trinajstić information content (AvgIpc) is 3.85. The van der Waals surface area contributed by atoms with Gasteiger partial charge in [-0.05, 0) is 57.6 Å². The molecule has 46 heavy (non-hydrogen) atoms. The van der Waals surface area contributed by atoms with Gasteiger partial charge in [0.15, 0.2) is 6.33 Å². The summed E-state index contributed by atoms with van der Waals surface area (Å²) in [6.07, 6.45) is 2.01. The minimum absolute atomic E-state index is 0.113. The fourth-order valence-electron chi connectivity index (χ4n) is 5.58. The lowest BCUT2D eigenvalue weighted by molar-refractivity contribution is 0.0989. The van der Waals surface area contributed by atoms with Gasteiger partial charge in [-0.25, -0.2) is 4.98 Å². The second kappa shape index (κ2) is 12.7. The topological polar surface area (TPSA) is 98.8 Å². The zero-order valence-corrected chi connectivity index (χ0v) is 25.8. The molecule has 3 heterocycles. The van der Waals surface area contributed by atoms with Crippen LogP contribution < -0.4 is 10.5 Å². The van der Waals surface area contributed by atoms with Gasteiger partial charge in [0.1, 0.15) is 5.82 Å². The molecule has 0 aliphatic heterocycles. The summed E-state index contributed by atoms with van der Waals surface area (Å²) in [6, 6.07) is 35.0. The molecule has 0 unspecified atom stereocenters. The van der Waals surface area contributed by atoms with Crippen LogP contribution in [0.3, 0.4) is 0 Å². The van der Waals surface area contributed by atoms with Crippen LogP contribution in [0.2, 0.25) is 0 Å². The van der Waals surface area contributed by atoms with Gasteiger partial charge in [0.2, 0.25) is 0 Å². The number of tetrazole rings is 1. The van der Waals surface area contributed by atoms with Gasteiger partial charge < -0.3 is 4.90 Å². The molecule has 0 aliphatic carbocycles. The van der Waals surface area contributed by atoms with Crippen molar-refractivity contribution in [1.29, 1.82) is 0 Å². The van der Waals surface area contributed by atoms with Crippen molar-refractivity contribution in [1.82, 2.24) is 29.8 Å². The molecule has 0 radical (unpaired) electrons. The summed E-state index contributed by atoms with van der Waals surface area (Å²) >= 11 is 1.40. The Morgan fingerprint density at radius 3 is 2.41 bits per heavy atom. The zero-order valence-electron chi connectivity index (χ0n) is 25.0. The molecular weight excluding hydrogens is 595 g/mol. The molecule has 3 aromatic heterocycles. The second-order valence-electron chi connectivity index (χ2n) is 10.8. The Hall–Kier alpha value is -5.74. The number of benzene rings is 4. The lowest BCUT2D eigenvalue weighted by atomic mass is 10.0. The van der Waals surface area contributed by atoms with E-state index in [1.54, 1.807) is 15.5 Å². The monoisotopic (exact) mass is 623 g/mol. The smallest absolute Gasteiger partial charge is 0.268 e. The molecule has 0 saturated heterocycles. The molecule has 0 bridgehead atoms. The summed E-state index contributed by atoms with van der Waals surface area (Å²) in [5.41, 5.74) is 5.86. The van der Waals surface area contributed by atoms with Crippen molar-refractivity contribution in [3.8, 4) is 16.8 Å². The Morgan fingerprint density at radius 2 is 1.67 bits per heavy atom. The van der Waals surface area contributed by atoms with Crippen molar-refractivity contribution in [2.75, 3.05) is 4.90 Å². The summed E-state index contributed by atoms with van der Waals surface area (Å²) in [5, 5.41) is 14.4. The average molecular weight is 624 g/mol. The van der Waals surface area contributed by atoms with Gasteiger partial charge in [0.05, 0.1) is 34.6 Å². The first-order valence-corrected chi connectivity index (χ1v) is 15.8. The van der Waals surface area contributed by atoms with Crippen molar-refractivity contribution in [3.05, 3.63) is 153 Å². The Labute approximate surface area is 269 Å². The van der Waals surface area contributed by atoms with Gasteiger partial charge >= 0.3 is 0 Å². The van der Waals surface area contributed by atoms with Gasteiger partial charge in [-0.15, -0.1) is 26.3 Å². The van der Waals surface area contributed by atoms with Crippen LogP contribution in [0.5, 0.6) is 0 Å². The molecule has 226 valence electrons. The number of carbonyl (C=O) groups is 1. The normalized spacial score (nSPS) is 11.2. The molecule has 7 rings (SSSR count). The van der Waals surface area contributed by atoms with Gasteiger partial charge in [-0.1, -0.05) is 85.8 Å². The van der Waals surface area contributed by atoms with E-state index in [0.717, 1.165) is 27.9 Å². The highest BCUT2D eigenvalue weighted by Gasteiger charge is 2.21. The molecule has 4 aromatic carbocycles. The van der Waals surface area contributed by atoms with Crippen LogP contribution in [0.15, 0.2) is 126 Å². The third kappa shape index (κ3) is 5.73. The number of nitrogens with zero attached hydrogens (tertiary/aromatic N) is 7. The molecule has 0 N–H and O–H groups in total. The van der Waals surface area contributed by atoms with E-state index >= 15 is 0 Å². The van der Waals surface area contributed by atoms with Crippen LogP contribution in [0, 0.1) is 0 Å². The third-order valence-electron chi connectivity index (χ3n) is 7.88. The van der Waals surface area contributed by atoms with E-state index in [-0.39, 0.29) is 11.5 Å². The van der Waals surface area contributed by atoms with Crippen molar-refractivity contribution in [2.24, 2.45) is 0 Å². The number of anilines is 1. The Kier molecular flexibility index (Phi) is 8.01. The van der Waals surface area contributed by atoms with Crippen LogP contribution in [-0.4, -0.2) is 35.7 Å². The fourth-order valence-corrected chi connectivity index (χ4v) is 6.25. The summed E-state index contributed by atoms with van der Waals surface area (Å²) in [4.78, 5) is 36.5. The Morgan fingerprint density at radius 1 is 0.870 bits per heavy atom. The van der Waals surface area contributed by atoms with Crippen molar-refractivity contribution < 1.29 is 4.79 Å². The number of fused-ring (bicyclic) bond motifs is 1. The quantitative estimate of drug-likeness (QED) is 0.181. The van der Waals surface area contributed by atoms with Crippen LogP contribution in [0.1, 0.15) is 33.5 Å². The summed E-state index contributed by atoms with van der Waals surface area (Å²) < 4.78 is 1.73. The summed E-state index contributed by atoms with van der Waals surface area (Å²) in [7, 11) is 0. The SMILES string of the molecule is CCc1nc2ccc(N(Cc3ccccc3)C(=O)c3cccs3)cc2c(=O)n1Cc1ccc(-c2ccccc2-n2ncnn2)cc1. The molecular formula is C36H29N7O2S. The lowest BCUT2D eigenvalue weighted by Gasteiger charge is -2.23. The zero-order chi connectivity index (χ0) is 31.5. The maximum absolute atomic E-state index is 14.1. The van der Waals surface area contributed by atoms with Crippen molar-refractivity contribution >= 4 is 33.8 Å². The fraction of sp³-hybridized carbons (Fsp3) is 0.111. The van der Waals surface area contributed by atoms with E-state index in [2.05, 4.69) is 15.4 Å². The largest absolute Gasteiger partial charge is 0.303 e. The first-order valence-electron chi connectivity index (χ1n) is 14.9. The molecule has 0 saturated carbocycles. The van der Waals surface area contributed by atoms with E-state index in [9.17, 15) is 9.59 Å². The van der Waals surface area contributed by atoms with Crippen molar-refractivity contribution in [2.45, 2.75) is 26.4 Å². The van der Waals surface area contributed by atoms with E-state index in [1.807, 2.05) is 115 Å². The lowest BCUT2D eigenvalue weighted by Crippen LogP contribution is -2.30. The maximum atomic E-state index is 14.1. The summed E-state index contributed by atoms with van der Waals surface area (Å²) in [6.45, 7) is 2.74. The number of hydrogen-bond donors (Lipinski definition) is 0. The molecule has 0 aliphatic rings.